The van der Waals surface area contributed by atoms with E-state index in [1.54, 1.807) is 0 Å². The summed E-state index contributed by atoms with van der Waals surface area (Å²) in [4.78, 5) is 0. The molecule has 1 aliphatic heterocycles. The number of aromatic nitrogens is 2. The summed E-state index contributed by atoms with van der Waals surface area (Å²) >= 11 is 1.48. The van der Waals surface area contributed by atoms with Crippen molar-refractivity contribution >= 4 is 11.8 Å². The summed E-state index contributed by atoms with van der Waals surface area (Å²) in [5.41, 5.74) is 0. The molecule has 1 aromatic heterocycles. The van der Waals surface area contributed by atoms with E-state index in [1.165, 1.54) is 11.8 Å². The molecule has 0 spiro atoms. The molecule has 0 unspecified atom stereocenters. The predicted molar refractivity (Wildman–Crippen MR) is 48.9 cm³/mol. The molecule has 5 heteroatoms. The normalized spacial score (nSPS) is 19.2. The molecule has 1 aromatic rings. The molecule has 2 rings (SSSR count). The average molecular weight is 200 g/mol. The highest BCUT2D eigenvalue weighted by atomic mass is 32.2. The van der Waals surface area contributed by atoms with E-state index in [0.717, 1.165) is 31.9 Å². The van der Waals surface area contributed by atoms with Crippen molar-refractivity contribution in [2.75, 3.05) is 19.5 Å². The van der Waals surface area contributed by atoms with Crippen LogP contribution in [0.1, 0.15) is 24.7 Å². The van der Waals surface area contributed by atoms with Crippen molar-refractivity contribution in [3.63, 3.8) is 0 Å². The number of hydrogen-bond acceptors (Lipinski definition) is 5. The first kappa shape index (κ1) is 9.02. The van der Waals surface area contributed by atoms with Gasteiger partial charge in [0.2, 0.25) is 5.89 Å². The molecule has 1 aliphatic rings. The second kappa shape index (κ2) is 4.11. The average Bonchev–Trinajstić information content (AvgIpc) is 2.67. The Hall–Kier alpha value is -0.550. The van der Waals surface area contributed by atoms with Gasteiger partial charge in [-0.3, -0.25) is 0 Å². The second-order valence-corrected chi connectivity index (χ2v) is 3.75. The molecular formula is C8H12N2O2S. The van der Waals surface area contributed by atoms with Crippen molar-refractivity contribution in [1.29, 1.82) is 0 Å². The summed E-state index contributed by atoms with van der Waals surface area (Å²) in [5.74, 6) is 1.18. The maximum atomic E-state index is 5.46. The number of rotatable bonds is 2. The predicted octanol–water partition coefficient (Wildman–Crippen LogP) is 1.69. The van der Waals surface area contributed by atoms with E-state index in [1.807, 2.05) is 6.26 Å². The Balaban J connectivity index is 2.05. The molecular weight excluding hydrogens is 188 g/mol. The van der Waals surface area contributed by atoms with Gasteiger partial charge < -0.3 is 9.15 Å². The van der Waals surface area contributed by atoms with Crippen LogP contribution < -0.4 is 0 Å². The van der Waals surface area contributed by atoms with E-state index in [9.17, 15) is 0 Å². The molecule has 72 valence electrons. The summed E-state index contributed by atoms with van der Waals surface area (Å²) in [5, 5.41) is 8.59. The first-order valence-corrected chi connectivity index (χ1v) is 5.58. The number of ether oxygens (including phenoxy) is 1. The van der Waals surface area contributed by atoms with Crippen LogP contribution in [0.3, 0.4) is 0 Å². The molecule has 0 saturated carbocycles. The van der Waals surface area contributed by atoms with Crippen LogP contribution in [0.15, 0.2) is 9.64 Å². The molecule has 0 aliphatic carbocycles. The fraction of sp³-hybridized carbons (Fsp3) is 0.750. The van der Waals surface area contributed by atoms with Gasteiger partial charge in [0.15, 0.2) is 0 Å². The van der Waals surface area contributed by atoms with E-state index in [4.69, 9.17) is 9.15 Å². The van der Waals surface area contributed by atoms with E-state index in [0.29, 0.717) is 11.1 Å². The lowest BCUT2D eigenvalue weighted by Crippen LogP contribution is -2.14. The van der Waals surface area contributed by atoms with Gasteiger partial charge in [-0.1, -0.05) is 11.8 Å². The van der Waals surface area contributed by atoms with Crippen molar-refractivity contribution in [1.82, 2.24) is 10.2 Å². The Bertz CT molecular complexity index is 271. The summed E-state index contributed by atoms with van der Waals surface area (Å²) < 4.78 is 10.7. The lowest BCUT2D eigenvalue weighted by atomic mass is 10.0. The standard InChI is InChI=1S/C8H12N2O2S/c1-13-8-10-9-7(12-8)6-2-4-11-5-3-6/h6H,2-5H2,1H3. The summed E-state index contributed by atoms with van der Waals surface area (Å²) in [6, 6.07) is 0. The Labute approximate surface area is 81.1 Å². The van der Waals surface area contributed by atoms with Gasteiger partial charge >= 0.3 is 0 Å². The maximum Gasteiger partial charge on any atom is 0.276 e. The zero-order chi connectivity index (χ0) is 9.10. The SMILES string of the molecule is CSc1nnc(C2CCOCC2)o1. The molecule has 1 fully saturated rings. The Morgan fingerprint density at radius 1 is 1.31 bits per heavy atom. The van der Waals surface area contributed by atoms with Crippen LogP contribution >= 0.6 is 11.8 Å². The van der Waals surface area contributed by atoms with E-state index in [-0.39, 0.29) is 0 Å². The molecule has 1 saturated heterocycles. The van der Waals surface area contributed by atoms with Crippen molar-refractivity contribution in [3.8, 4) is 0 Å². The van der Waals surface area contributed by atoms with Crippen LogP contribution in [0, 0.1) is 0 Å². The molecule has 0 radical (unpaired) electrons. The van der Waals surface area contributed by atoms with Gasteiger partial charge in [-0.2, -0.15) is 0 Å². The molecule has 0 amide bonds. The third-order valence-corrected chi connectivity index (χ3v) is 2.68. The fourth-order valence-corrected chi connectivity index (χ4v) is 1.70. The number of thioether (sulfide) groups is 1. The zero-order valence-electron chi connectivity index (χ0n) is 7.52. The fourth-order valence-electron chi connectivity index (χ4n) is 1.41. The monoisotopic (exact) mass is 200 g/mol. The van der Waals surface area contributed by atoms with Crippen LogP contribution in [0.2, 0.25) is 0 Å². The van der Waals surface area contributed by atoms with Crippen LogP contribution in [-0.4, -0.2) is 29.7 Å². The van der Waals surface area contributed by atoms with Crippen LogP contribution in [0.4, 0.5) is 0 Å². The van der Waals surface area contributed by atoms with Crippen LogP contribution in [0.25, 0.3) is 0 Å². The lowest BCUT2D eigenvalue weighted by Gasteiger charge is -2.18. The minimum atomic E-state index is 0.405. The van der Waals surface area contributed by atoms with Gasteiger partial charge in [-0.25, -0.2) is 0 Å². The van der Waals surface area contributed by atoms with Crippen molar-refractivity contribution in [2.45, 2.75) is 24.0 Å². The Morgan fingerprint density at radius 2 is 2.08 bits per heavy atom. The van der Waals surface area contributed by atoms with Crippen LogP contribution in [-0.2, 0) is 4.74 Å². The summed E-state index contributed by atoms with van der Waals surface area (Å²) in [7, 11) is 0. The smallest absolute Gasteiger partial charge is 0.276 e. The van der Waals surface area contributed by atoms with Gasteiger partial charge in [-0.15, -0.1) is 10.2 Å². The highest BCUT2D eigenvalue weighted by Gasteiger charge is 2.21. The second-order valence-electron chi connectivity index (χ2n) is 3.00. The van der Waals surface area contributed by atoms with E-state index >= 15 is 0 Å². The van der Waals surface area contributed by atoms with Crippen molar-refractivity contribution in [2.24, 2.45) is 0 Å². The molecule has 13 heavy (non-hydrogen) atoms. The lowest BCUT2D eigenvalue weighted by molar-refractivity contribution is 0.0786. The maximum absolute atomic E-state index is 5.46. The van der Waals surface area contributed by atoms with Gasteiger partial charge in [-0.05, 0) is 19.1 Å². The Morgan fingerprint density at radius 3 is 2.69 bits per heavy atom. The van der Waals surface area contributed by atoms with Crippen LogP contribution in [0.5, 0.6) is 0 Å². The van der Waals surface area contributed by atoms with E-state index in [2.05, 4.69) is 10.2 Å². The highest BCUT2D eigenvalue weighted by Crippen LogP contribution is 2.27. The molecule has 0 bridgehead atoms. The first-order valence-electron chi connectivity index (χ1n) is 4.35. The molecule has 0 N–H and O–H groups in total. The third-order valence-electron chi connectivity index (χ3n) is 2.17. The molecule has 0 atom stereocenters. The Kier molecular flexibility index (Phi) is 2.85. The molecule has 0 aromatic carbocycles. The third kappa shape index (κ3) is 2.03. The topological polar surface area (TPSA) is 48.2 Å². The highest BCUT2D eigenvalue weighted by molar-refractivity contribution is 7.98. The van der Waals surface area contributed by atoms with Gasteiger partial charge in [0.25, 0.3) is 5.22 Å². The van der Waals surface area contributed by atoms with Gasteiger partial charge in [0.05, 0.1) is 0 Å². The first-order chi connectivity index (χ1) is 6.40. The van der Waals surface area contributed by atoms with E-state index < -0.39 is 0 Å². The molecule has 4 nitrogen and oxygen atoms in total. The van der Waals surface area contributed by atoms with Crippen molar-refractivity contribution < 1.29 is 9.15 Å². The zero-order valence-corrected chi connectivity index (χ0v) is 8.34. The number of hydrogen-bond donors (Lipinski definition) is 0. The largest absolute Gasteiger partial charge is 0.416 e. The summed E-state index contributed by atoms with van der Waals surface area (Å²) in [6.45, 7) is 1.61. The summed E-state index contributed by atoms with van der Waals surface area (Å²) in [6.07, 6.45) is 3.92. The molecule has 2 heterocycles. The minimum absolute atomic E-state index is 0.405. The van der Waals surface area contributed by atoms with Gasteiger partial charge in [0.1, 0.15) is 0 Å². The van der Waals surface area contributed by atoms with Gasteiger partial charge in [0, 0.05) is 19.1 Å². The van der Waals surface area contributed by atoms with Crippen molar-refractivity contribution in [3.05, 3.63) is 5.89 Å². The minimum Gasteiger partial charge on any atom is -0.416 e. The quantitative estimate of drug-likeness (QED) is 0.680. The number of nitrogens with zero attached hydrogens (tertiary/aromatic N) is 2.